The van der Waals surface area contributed by atoms with Crippen molar-refractivity contribution in [1.29, 1.82) is 0 Å². The summed E-state index contributed by atoms with van der Waals surface area (Å²) in [5.74, 6) is 2.60. The quantitative estimate of drug-likeness (QED) is 0.249. The third kappa shape index (κ3) is 7.53. The SMILES string of the molecule is CCCCNC(=NCc1nnc(C)n1C)NCC(C)(C)N1CCOCC1.I. The van der Waals surface area contributed by atoms with Crippen molar-refractivity contribution in [3.8, 4) is 0 Å². The highest BCUT2D eigenvalue weighted by molar-refractivity contribution is 14.0. The van der Waals surface area contributed by atoms with Crippen molar-refractivity contribution in [3.05, 3.63) is 11.6 Å². The first-order valence-electron chi connectivity index (χ1n) is 9.64. The molecule has 0 spiro atoms. The van der Waals surface area contributed by atoms with Crippen molar-refractivity contribution in [1.82, 2.24) is 30.3 Å². The van der Waals surface area contributed by atoms with E-state index in [1.54, 1.807) is 0 Å². The van der Waals surface area contributed by atoms with Crippen molar-refractivity contribution >= 4 is 29.9 Å². The molecule has 156 valence electrons. The fourth-order valence-electron chi connectivity index (χ4n) is 2.88. The van der Waals surface area contributed by atoms with E-state index in [4.69, 9.17) is 9.73 Å². The number of rotatable bonds is 8. The van der Waals surface area contributed by atoms with E-state index in [1.807, 2.05) is 18.5 Å². The van der Waals surface area contributed by atoms with Crippen molar-refractivity contribution < 1.29 is 4.74 Å². The summed E-state index contributed by atoms with van der Waals surface area (Å²) in [5.41, 5.74) is 0.0400. The second-order valence-electron chi connectivity index (χ2n) is 7.43. The fourth-order valence-corrected chi connectivity index (χ4v) is 2.88. The molecule has 0 saturated carbocycles. The summed E-state index contributed by atoms with van der Waals surface area (Å²) in [7, 11) is 1.97. The number of guanidine groups is 1. The summed E-state index contributed by atoms with van der Waals surface area (Å²) < 4.78 is 7.45. The van der Waals surface area contributed by atoms with Gasteiger partial charge in [-0.1, -0.05) is 13.3 Å². The molecule has 0 radical (unpaired) electrons. The van der Waals surface area contributed by atoms with E-state index in [-0.39, 0.29) is 29.5 Å². The first kappa shape index (κ1) is 24.1. The van der Waals surface area contributed by atoms with Gasteiger partial charge in [-0.15, -0.1) is 34.2 Å². The molecular formula is C18H36IN7O. The third-order valence-electron chi connectivity index (χ3n) is 4.94. The van der Waals surface area contributed by atoms with Gasteiger partial charge in [0.25, 0.3) is 0 Å². The number of aliphatic imine (C=N–C) groups is 1. The lowest BCUT2D eigenvalue weighted by Gasteiger charge is -2.41. The smallest absolute Gasteiger partial charge is 0.191 e. The van der Waals surface area contributed by atoms with E-state index in [2.05, 4.69) is 46.5 Å². The van der Waals surface area contributed by atoms with Gasteiger partial charge < -0.3 is 19.9 Å². The molecule has 0 atom stereocenters. The lowest BCUT2D eigenvalue weighted by Crippen LogP contribution is -2.56. The number of aromatic nitrogens is 3. The van der Waals surface area contributed by atoms with Gasteiger partial charge >= 0.3 is 0 Å². The highest BCUT2D eigenvalue weighted by Crippen LogP contribution is 2.15. The van der Waals surface area contributed by atoms with Crippen LogP contribution in [0.25, 0.3) is 0 Å². The average molecular weight is 493 g/mol. The summed E-state index contributed by atoms with van der Waals surface area (Å²) in [6.07, 6.45) is 2.28. The molecule has 0 bridgehead atoms. The highest BCUT2D eigenvalue weighted by atomic mass is 127. The Morgan fingerprint density at radius 3 is 2.52 bits per heavy atom. The average Bonchev–Trinajstić information content (AvgIpc) is 2.96. The number of halogens is 1. The topological polar surface area (TPSA) is 79.6 Å². The van der Waals surface area contributed by atoms with Crippen molar-refractivity contribution in [3.63, 3.8) is 0 Å². The van der Waals surface area contributed by atoms with Gasteiger partial charge in [0.2, 0.25) is 0 Å². The minimum atomic E-state index is 0. The zero-order chi connectivity index (χ0) is 19.0. The number of ether oxygens (including phenoxy) is 1. The number of hydrogen-bond donors (Lipinski definition) is 2. The molecule has 0 unspecified atom stereocenters. The summed E-state index contributed by atoms with van der Waals surface area (Å²) in [4.78, 5) is 7.19. The Hall–Kier alpha value is -0.940. The first-order valence-corrected chi connectivity index (χ1v) is 9.64. The maximum atomic E-state index is 5.47. The Bertz CT molecular complexity index is 582. The number of nitrogens with zero attached hydrogens (tertiary/aromatic N) is 5. The van der Waals surface area contributed by atoms with E-state index in [9.17, 15) is 0 Å². The number of morpholine rings is 1. The van der Waals surface area contributed by atoms with Crippen LogP contribution >= 0.6 is 24.0 Å². The van der Waals surface area contributed by atoms with Gasteiger partial charge in [0.15, 0.2) is 11.8 Å². The molecule has 2 N–H and O–H groups in total. The van der Waals surface area contributed by atoms with Crippen molar-refractivity contribution in [2.75, 3.05) is 39.4 Å². The van der Waals surface area contributed by atoms with Gasteiger partial charge in [0, 0.05) is 38.8 Å². The lowest BCUT2D eigenvalue weighted by atomic mass is 10.0. The third-order valence-corrected chi connectivity index (χ3v) is 4.94. The zero-order valence-corrected chi connectivity index (χ0v) is 19.7. The van der Waals surface area contributed by atoms with E-state index in [0.29, 0.717) is 6.54 Å². The number of hydrogen-bond acceptors (Lipinski definition) is 5. The molecule has 1 saturated heterocycles. The van der Waals surface area contributed by atoms with Crippen LogP contribution in [0.4, 0.5) is 0 Å². The molecule has 8 nitrogen and oxygen atoms in total. The maximum Gasteiger partial charge on any atom is 0.191 e. The molecule has 1 aliphatic heterocycles. The standard InChI is InChI=1S/C18H35N7O.HI/c1-6-7-8-19-17(20-13-16-23-22-15(2)24(16)5)21-14-18(3,4)25-9-11-26-12-10-25;/h6-14H2,1-5H3,(H2,19,20,21);1H. The molecule has 2 heterocycles. The lowest BCUT2D eigenvalue weighted by molar-refractivity contribution is -0.00834. The van der Waals surface area contributed by atoms with E-state index in [0.717, 1.165) is 69.8 Å². The maximum absolute atomic E-state index is 5.47. The second-order valence-corrected chi connectivity index (χ2v) is 7.43. The number of aryl methyl sites for hydroxylation is 1. The van der Waals surface area contributed by atoms with Crippen molar-refractivity contribution in [2.24, 2.45) is 12.0 Å². The molecule has 1 aromatic heterocycles. The van der Waals surface area contributed by atoms with Gasteiger partial charge in [0.1, 0.15) is 12.4 Å². The predicted octanol–water partition coefficient (Wildman–Crippen LogP) is 1.69. The van der Waals surface area contributed by atoms with Crippen LogP contribution < -0.4 is 10.6 Å². The molecule has 0 aromatic carbocycles. The zero-order valence-electron chi connectivity index (χ0n) is 17.4. The Morgan fingerprint density at radius 1 is 1.22 bits per heavy atom. The van der Waals surface area contributed by atoms with Gasteiger partial charge in [-0.05, 0) is 27.2 Å². The largest absolute Gasteiger partial charge is 0.379 e. The molecule has 2 rings (SSSR count). The fraction of sp³-hybridized carbons (Fsp3) is 0.833. The Kier molecular flexibility index (Phi) is 10.5. The van der Waals surface area contributed by atoms with E-state index in [1.165, 1.54) is 0 Å². The molecule has 1 fully saturated rings. The van der Waals surface area contributed by atoms with E-state index < -0.39 is 0 Å². The number of unbranched alkanes of at least 4 members (excludes halogenated alkanes) is 1. The summed E-state index contributed by atoms with van der Waals surface area (Å²) in [6.45, 7) is 14.5. The van der Waals surface area contributed by atoms with Crippen molar-refractivity contribution in [2.45, 2.75) is 52.6 Å². The van der Waals surface area contributed by atoms with Gasteiger partial charge in [-0.2, -0.15) is 0 Å². The molecule has 27 heavy (non-hydrogen) atoms. The molecule has 1 aromatic rings. The van der Waals surface area contributed by atoms with Crippen LogP contribution in [-0.2, 0) is 18.3 Å². The minimum Gasteiger partial charge on any atom is -0.379 e. The highest BCUT2D eigenvalue weighted by Gasteiger charge is 2.28. The summed E-state index contributed by atoms with van der Waals surface area (Å²) >= 11 is 0. The first-order chi connectivity index (χ1) is 12.4. The van der Waals surface area contributed by atoms with Gasteiger partial charge in [-0.25, -0.2) is 4.99 Å². The normalized spacial score (nSPS) is 16.1. The van der Waals surface area contributed by atoms with Gasteiger partial charge in [-0.3, -0.25) is 4.90 Å². The Morgan fingerprint density at radius 2 is 1.93 bits per heavy atom. The monoisotopic (exact) mass is 493 g/mol. The Labute approximate surface area is 180 Å². The van der Waals surface area contributed by atoms with Crippen LogP contribution in [0.2, 0.25) is 0 Å². The summed E-state index contributed by atoms with van der Waals surface area (Å²) in [6, 6.07) is 0. The molecule has 1 aliphatic rings. The van der Waals surface area contributed by atoms with Gasteiger partial charge in [0.05, 0.1) is 13.2 Å². The summed E-state index contributed by atoms with van der Waals surface area (Å²) in [5, 5.41) is 15.2. The second kappa shape index (κ2) is 11.8. The van der Waals surface area contributed by atoms with Crippen LogP contribution in [0.15, 0.2) is 4.99 Å². The van der Waals surface area contributed by atoms with E-state index >= 15 is 0 Å². The number of nitrogens with one attached hydrogen (secondary N) is 2. The molecule has 9 heteroatoms. The Balaban J connectivity index is 0.00000364. The molecule has 0 aliphatic carbocycles. The van der Waals surface area contributed by atoms with Crippen LogP contribution in [0, 0.1) is 6.92 Å². The van der Waals surface area contributed by atoms with Crippen LogP contribution in [0.1, 0.15) is 45.3 Å². The predicted molar refractivity (Wildman–Crippen MR) is 120 cm³/mol. The van der Waals surface area contributed by atoms with Crippen LogP contribution in [0.5, 0.6) is 0 Å². The molecule has 0 amide bonds. The minimum absolute atomic E-state index is 0. The van der Waals surface area contributed by atoms with Crippen LogP contribution in [-0.4, -0.2) is 70.6 Å². The molecular weight excluding hydrogens is 457 g/mol. The van der Waals surface area contributed by atoms with Crippen LogP contribution in [0.3, 0.4) is 0 Å².